The SMILES string of the molecule is CCNCC(=O)NCCc1ccc(Cl)s1. The molecule has 3 nitrogen and oxygen atoms in total. The molecule has 1 amide bonds. The van der Waals surface area contributed by atoms with Crippen molar-refractivity contribution >= 4 is 28.8 Å². The molecule has 1 aromatic heterocycles. The number of amides is 1. The molecule has 1 aromatic rings. The first-order chi connectivity index (χ1) is 7.22. The second kappa shape index (κ2) is 6.82. The highest BCUT2D eigenvalue weighted by atomic mass is 35.5. The molecule has 0 aliphatic heterocycles. The molecule has 2 N–H and O–H groups in total. The van der Waals surface area contributed by atoms with Gasteiger partial charge in [-0.15, -0.1) is 11.3 Å². The normalized spacial score (nSPS) is 10.3. The number of rotatable bonds is 6. The van der Waals surface area contributed by atoms with Crippen LogP contribution in [0.2, 0.25) is 4.34 Å². The van der Waals surface area contributed by atoms with E-state index >= 15 is 0 Å². The molecule has 0 saturated carbocycles. The van der Waals surface area contributed by atoms with E-state index in [4.69, 9.17) is 11.6 Å². The summed E-state index contributed by atoms with van der Waals surface area (Å²) in [7, 11) is 0. The maximum absolute atomic E-state index is 11.2. The van der Waals surface area contributed by atoms with Crippen LogP contribution in [0.15, 0.2) is 12.1 Å². The molecule has 0 unspecified atom stereocenters. The van der Waals surface area contributed by atoms with Crippen LogP contribution in [0.25, 0.3) is 0 Å². The van der Waals surface area contributed by atoms with Crippen LogP contribution in [0.4, 0.5) is 0 Å². The Morgan fingerprint density at radius 1 is 1.53 bits per heavy atom. The molecule has 0 spiro atoms. The van der Waals surface area contributed by atoms with Crippen LogP contribution in [-0.4, -0.2) is 25.5 Å². The largest absolute Gasteiger partial charge is 0.355 e. The number of nitrogens with one attached hydrogen (secondary N) is 2. The van der Waals surface area contributed by atoms with Crippen LogP contribution in [0.5, 0.6) is 0 Å². The summed E-state index contributed by atoms with van der Waals surface area (Å²) >= 11 is 7.35. The standard InChI is InChI=1S/C10H15ClN2OS/c1-2-12-7-10(14)13-6-5-8-3-4-9(11)15-8/h3-4,12H,2,5-7H2,1H3,(H,13,14). The van der Waals surface area contributed by atoms with Gasteiger partial charge in [0.05, 0.1) is 10.9 Å². The van der Waals surface area contributed by atoms with E-state index < -0.39 is 0 Å². The van der Waals surface area contributed by atoms with Gasteiger partial charge in [-0.1, -0.05) is 18.5 Å². The molecular formula is C10H15ClN2OS. The molecule has 0 aromatic carbocycles. The fourth-order valence-electron chi connectivity index (χ4n) is 1.11. The highest BCUT2D eigenvalue weighted by Crippen LogP contribution is 2.21. The first-order valence-electron chi connectivity index (χ1n) is 4.94. The zero-order valence-corrected chi connectivity index (χ0v) is 10.3. The summed E-state index contributed by atoms with van der Waals surface area (Å²) in [4.78, 5) is 12.4. The quantitative estimate of drug-likeness (QED) is 0.802. The van der Waals surface area contributed by atoms with Gasteiger partial charge in [-0.25, -0.2) is 0 Å². The minimum atomic E-state index is 0.0412. The summed E-state index contributed by atoms with van der Waals surface area (Å²) in [6, 6.07) is 3.87. The summed E-state index contributed by atoms with van der Waals surface area (Å²) in [5.74, 6) is 0.0412. The van der Waals surface area contributed by atoms with Crippen molar-refractivity contribution in [2.75, 3.05) is 19.6 Å². The Bertz CT molecular complexity index is 314. The van der Waals surface area contributed by atoms with E-state index in [0.717, 1.165) is 17.3 Å². The predicted molar refractivity (Wildman–Crippen MR) is 64.6 cm³/mol. The van der Waals surface area contributed by atoms with Crippen molar-refractivity contribution in [3.05, 3.63) is 21.3 Å². The topological polar surface area (TPSA) is 41.1 Å². The van der Waals surface area contributed by atoms with Gasteiger partial charge in [-0.2, -0.15) is 0 Å². The lowest BCUT2D eigenvalue weighted by Gasteiger charge is -2.03. The highest BCUT2D eigenvalue weighted by Gasteiger charge is 2.00. The molecule has 15 heavy (non-hydrogen) atoms. The minimum absolute atomic E-state index is 0.0412. The fourth-order valence-corrected chi connectivity index (χ4v) is 2.20. The van der Waals surface area contributed by atoms with Gasteiger partial charge in [0.2, 0.25) is 5.91 Å². The Morgan fingerprint density at radius 2 is 2.33 bits per heavy atom. The molecule has 84 valence electrons. The summed E-state index contributed by atoms with van der Waals surface area (Å²) < 4.78 is 0.795. The number of halogens is 1. The van der Waals surface area contributed by atoms with Gasteiger partial charge in [0.1, 0.15) is 0 Å². The van der Waals surface area contributed by atoms with Crippen LogP contribution < -0.4 is 10.6 Å². The monoisotopic (exact) mass is 246 g/mol. The molecule has 5 heteroatoms. The Balaban J connectivity index is 2.13. The Morgan fingerprint density at radius 3 is 2.93 bits per heavy atom. The maximum atomic E-state index is 11.2. The third-order valence-corrected chi connectivity index (χ3v) is 3.15. The Labute approximate surface area is 98.8 Å². The number of hydrogen-bond donors (Lipinski definition) is 2. The Kier molecular flexibility index (Phi) is 5.68. The number of carbonyl (C=O) groups is 1. The van der Waals surface area contributed by atoms with Gasteiger partial charge < -0.3 is 10.6 Å². The zero-order chi connectivity index (χ0) is 11.1. The Hall–Kier alpha value is -0.580. The lowest BCUT2D eigenvalue weighted by atomic mass is 10.3. The highest BCUT2D eigenvalue weighted by molar-refractivity contribution is 7.16. The molecule has 0 aliphatic rings. The van der Waals surface area contributed by atoms with Crippen LogP contribution in [0.1, 0.15) is 11.8 Å². The molecule has 0 saturated heterocycles. The average molecular weight is 247 g/mol. The summed E-state index contributed by atoms with van der Waals surface area (Å²) in [5.41, 5.74) is 0. The molecule has 1 heterocycles. The minimum Gasteiger partial charge on any atom is -0.355 e. The second-order valence-corrected chi connectivity index (χ2v) is 4.89. The van der Waals surface area contributed by atoms with Gasteiger partial charge >= 0.3 is 0 Å². The summed E-state index contributed by atoms with van der Waals surface area (Å²) in [6.45, 7) is 3.84. The third-order valence-electron chi connectivity index (χ3n) is 1.86. The first-order valence-corrected chi connectivity index (χ1v) is 6.13. The van der Waals surface area contributed by atoms with E-state index in [0.29, 0.717) is 13.1 Å². The van der Waals surface area contributed by atoms with Crippen LogP contribution in [0.3, 0.4) is 0 Å². The van der Waals surface area contributed by atoms with E-state index in [2.05, 4.69) is 10.6 Å². The van der Waals surface area contributed by atoms with Gasteiger partial charge in [-0.05, 0) is 25.1 Å². The lowest BCUT2D eigenvalue weighted by Crippen LogP contribution is -2.34. The summed E-state index contributed by atoms with van der Waals surface area (Å²) in [6.07, 6.45) is 0.843. The van der Waals surface area contributed by atoms with E-state index in [-0.39, 0.29) is 5.91 Å². The van der Waals surface area contributed by atoms with Crippen LogP contribution >= 0.6 is 22.9 Å². The van der Waals surface area contributed by atoms with Crippen LogP contribution in [0, 0.1) is 0 Å². The lowest BCUT2D eigenvalue weighted by molar-refractivity contribution is -0.120. The van der Waals surface area contributed by atoms with Crippen LogP contribution in [-0.2, 0) is 11.2 Å². The molecule has 0 atom stereocenters. The van der Waals surface area contributed by atoms with Crippen molar-refractivity contribution in [2.45, 2.75) is 13.3 Å². The van der Waals surface area contributed by atoms with Gasteiger partial charge in [-0.3, -0.25) is 4.79 Å². The van der Waals surface area contributed by atoms with Crippen molar-refractivity contribution in [1.82, 2.24) is 10.6 Å². The van der Waals surface area contributed by atoms with Crippen molar-refractivity contribution in [3.8, 4) is 0 Å². The van der Waals surface area contributed by atoms with Crippen molar-refractivity contribution in [3.63, 3.8) is 0 Å². The van der Waals surface area contributed by atoms with Gasteiger partial charge in [0, 0.05) is 11.4 Å². The molecule has 0 radical (unpaired) electrons. The molecule has 0 aliphatic carbocycles. The van der Waals surface area contributed by atoms with E-state index in [1.54, 1.807) is 11.3 Å². The second-order valence-electron chi connectivity index (χ2n) is 3.09. The van der Waals surface area contributed by atoms with E-state index in [1.165, 1.54) is 4.88 Å². The average Bonchev–Trinajstić information content (AvgIpc) is 2.61. The smallest absolute Gasteiger partial charge is 0.233 e. The molecule has 0 bridgehead atoms. The fraction of sp³-hybridized carbons (Fsp3) is 0.500. The number of carbonyl (C=O) groups excluding carboxylic acids is 1. The van der Waals surface area contributed by atoms with Crippen molar-refractivity contribution in [2.24, 2.45) is 0 Å². The van der Waals surface area contributed by atoms with Crippen molar-refractivity contribution in [1.29, 1.82) is 0 Å². The molecule has 0 fully saturated rings. The number of hydrogen-bond acceptors (Lipinski definition) is 3. The van der Waals surface area contributed by atoms with Gasteiger partial charge in [0.25, 0.3) is 0 Å². The van der Waals surface area contributed by atoms with Crippen molar-refractivity contribution < 1.29 is 4.79 Å². The zero-order valence-electron chi connectivity index (χ0n) is 8.68. The molecular weight excluding hydrogens is 232 g/mol. The van der Waals surface area contributed by atoms with E-state index in [9.17, 15) is 4.79 Å². The maximum Gasteiger partial charge on any atom is 0.233 e. The summed E-state index contributed by atoms with van der Waals surface area (Å²) in [5, 5.41) is 5.81. The number of thiophene rings is 1. The third kappa shape index (κ3) is 5.16. The molecule has 1 rings (SSSR count). The first kappa shape index (κ1) is 12.5. The van der Waals surface area contributed by atoms with Gasteiger partial charge in [0.15, 0.2) is 0 Å². The van der Waals surface area contributed by atoms with E-state index in [1.807, 2.05) is 19.1 Å². The number of likely N-dealkylation sites (N-methyl/N-ethyl adjacent to an activating group) is 1. The predicted octanol–water partition coefficient (Wildman–Crippen LogP) is 1.67.